The highest BCUT2D eigenvalue weighted by molar-refractivity contribution is 5.31. The van der Waals surface area contributed by atoms with Crippen molar-refractivity contribution in [2.45, 2.75) is 26.0 Å². The standard InChI is InChI=1S/C12H19NO2/c1-10(14)7-8-13(2)9-11-5-3-4-6-12(11)15/h3-6,10,14-15H,7-9H2,1-2H3. The van der Waals surface area contributed by atoms with E-state index >= 15 is 0 Å². The van der Waals surface area contributed by atoms with Crippen LogP contribution in [0.25, 0.3) is 0 Å². The Hall–Kier alpha value is -1.06. The lowest BCUT2D eigenvalue weighted by atomic mass is 10.2. The summed E-state index contributed by atoms with van der Waals surface area (Å²) >= 11 is 0. The molecule has 0 radical (unpaired) electrons. The average Bonchev–Trinajstić information content (AvgIpc) is 2.18. The van der Waals surface area contributed by atoms with Gasteiger partial charge in [0.15, 0.2) is 0 Å². The second-order valence-electron chi connectivity index (χ2n) is 4.00. The zero-order chi connectivity index (χ0) is 11.3. The third-order valence-corrected chi connectivity index (χ3v) is 2.36. The fourth-order valence-corrected chi connectivity index (χ4v) is 1.42. The summed E-state index contributed by atoms with van der Waals surface area (Å²) in [6.07, 6.45) is 0.487. The third kappa shape index (κ3) is 4.32. The number of hydrogen-bond acceptors (Lipinski definition) is 3. The van der Waals surface area contributed by atoms with Crippen molar-refractivity contribution in [1.82, 2.24) is 4.90 Å². The van der Waals surface area contributed by atoms with Crippen molar-refractivity contribution >= 4 is 0 Å². The smallest absolute Gasteiger partial charge is 0.120 e. The molecule has 84 valence electrons. The first kappa shape index (κ1) is 12.0. The molecule has 1 aromatic rings. The molecule has 2 N–H and O–H groups in total. The SMILES string of the molecule is CC(O)CCN(C)Cc1ccccc1O. The van der Waals surface area contributed by atoms with Gasteiger partial charge in [-0.2, -0.15) is 0 Å². The van der Waals surface area contributed by atoms with Gasteiger partial charge in [-0.25, -0.2) is 0 Å². The summed E-state index contributed by atoms with van der Waals surface area (Å²) in [7, 11) is 1.98. The second kappa shape index (κ2) is 5.73. The number of para-hydroxylation sites is 1. The minimum Gasteiger partial charge on any atom is -0.508 e. The lowest BCUT2D eigenvalue weighted by molar-refractivity contribution is 0.162. The zero-order valence-electron chi connectivity index (χ0n) is 9.35. The molecule has 0 aromatic heterocycles. The summed E-state index contributed by atoms with van der Waals surface area (Å²) in [6, 6.07) is 7.33. The van der Waals surface area contributed by atoms with E-state index in [1.165, 1.54) is 0 Å². The number of nitrogens with zero attached hydrogens (tertiary/aromatic N) is 1. The number of phenolic OH excluding ortho intramolecular Hbond substituents is 1. The number of aliphatic hydroxyl groups excluding tert-OH is 1. The Balaban J connectivity index is 2.44. The summed E-state index contributed by atoms with van der Waals surface area (Å²) in [4.78, 5) is 2.09. The molecule has 1 atom stereocenters. The Kier molecular flexibility index (Phi) is 4.59. The van der Waals surface area contributed by atoms with Gasteiger partial charge in [-0.1, -0.05) is 18.2 Å². The van der Waals surface area contributed by atoms with Crippen LogP contribution in [0.4, 0.5) is 0 Å². The zero-order valence-corrected chi connectivity index (χ0v) is 9.35. The van der Waals surface area contributed by atoms with Crippen LogP contribution >= 0.6 is 0 Å². The summed E-state index contributed by atoms with van der Waals surface area (Å²) in [5.41, 5.74) is 0.922. The Morgan fingerprint density at radius 3 is 2.60 bits per heavy atom. The third-order valence-electron chi connectivity index (χ3n) is 2.36. The van der Waals surface area contributed by atoms with E-state index in [2.05, 4.69) is 4.90 Å². The maximum atomic E-state index is 9.56. The van der Waals surface area contributed by atoms with Crippen LogP contribution in [-0.4, -0.2) is 34.8 Å². The summed E-state index contributed by atoms with van der Waals surface area (Å²) in [5, 5.41) is 18.7. The quantitative estimate of drug-likeness (QED) is 0.774. The van der Waals surface area contributed by atoms with Gasteiger partial charge in [-0.3, -0.25) is 0 Å². The Morgan fingerprint density at radius 2 is 2.00 bits per heavy atom. The number of aliphatic hydroxyl groups is 1. The molecule has 0 fully saturated rings. The topological polar surface area (TPSA) is 43.7 Å². The number of rotatable bonds is 5. The molecule has 3 heteroatoms. The Labute approximate surface area is 91.0 Å². The van der Waals surface area contributed by atoms with Gasteiger partial charge >= 0.3 is 0 Å². The lowest BCUT2D eigenvalue weighted by Crippen LogP contribution is -2.22. The molecule has 0 saturated heterocycles. The first-order valence-electron chi connectivity index (χ1n) is 5.23. The maximum absolute atomic E-state index is 9.56. The van der Waals surface area contributed by atoms with Crippen molar-refractivity contribution < 1.29 is 10.2 Å². The van der Waals surface area contributed by atoms with Crippen molar-refractivity contribution in [2.75, 3.05) is 13.6 Å². The van der Waals surface area contributed by atoms with Crippen LogP contribution in [0, 0.1) is 0 Å². The molecule has 0 saturated carbocycles. The minimum absolute atomic E-state index is 0.267. The van der Waals surface area contributed by atoms with Gasteiger partial charge in [0.2, 0.25) is 0 Å². The van der Waals surface area contributed by atoms with Crippen molar-refractivity contribution in [1.29, 1.82) is 0 Å². The van der Waals surface area contributed by atoms with Gasteiger partial charge in [0.25, 0.3) is 0 Å². The minimum atomic E-state index is -0.267. The van der Waals surface area contributed by atoms with Crippen molar-refractivity contribution in [3.8, 4) is 5.75 Å². The van der Waals surface area contributed by atoms with E-state index in [0.29, 0.717) is 12.3 Å². The molecule has 1 rings (SSSR count). The molecule has 1 aromatic carbocycles. The number of phenols is 1. The molecular formula is C12H19NO2. The molecule has 1 unspecified atom stereocenters. The van der Waals surface area contributed by atoms with Crippen molar-refractivity contribution in [2.24, 2.45) is 0 Å². The fourth-order valence-electron chi connectivity index (χ4n) is 1.42. The highest BCUT2D eigenvalue weighted by Crippen LogP contribution is 2.17. The van der Waals surface area contributed by atoms with Crippen molar-refractivity contribution in [3.05, 3.63) is 29.8 Å². The predicted octanol–water partition coefficient (Wildman–Crippen LogP) is 1.59. The summed E-state index contributed by atoms with van der Waals surface area (Å²) in [6.45, 7) is 3.32. The van der Waals surface area contributed by atoms with Gasteiger partial charge in [0.05, 0.1) is 6.10 Å². The number of hydrogen-bond donors (Lipinski definition) is 2. The Morgan fingerprint density at radius 1 is 1.33 bits per heavy atom. The Bertz CT molecular complexity index is 299. The van der Waals surface area contributed by atoms with E-state index in [0.717, 1.165) is 18.5 Å². The lowest BCUT2D eigenvalue weighted by Gasteiger charge is -2.18. The highest BCUT2D eigenvalue weighted by Gasteiger charge is 2.05. The number of benzene rings is 1. The van der Waals surface area contributed by atoms with Gasteiger partial charge in [-0.15, -0.1) is 0 Å². The summed E-state index contributed by atoms with van der Waals surface area (Å²) < 4.78 is 0. The molecule has 0 heterocycles. The van der Waals surface area contributed by atoms with Crippen LogP contribution in [0.3, 0.4) is 0 Å². The van der Waals surface area contributed by atoms with Crippen LogP contribution in [-0.2, 0) is 6.54 Å². The van der Waals surface area contributed by atoms with Crippen LogP contribution in [0.2, 0.25) is 0 Å². The molecule has 0 spiro atoms. The van der Waals surface area contributed by atoms with Gasteiger partial charge in [0, 0.05) is 18.7 Å². The van der Waals surface area contributed by atoms with Gasteiger partial charge < -0.3 is 15.1 Å². The van der Waals surface area contributed by atoms with Gasteiger partial charge in [-0.05, 0) is 26.5 Å². The first-order valence-corrected chi connectivity index (χ1v) is 5.23. The maximum Gasteiger partial charge on any atom is 0.120 e. The van der Waals surface area contributed by atoms with Crippen LogP contribution in [0.5, 0.6) is 5.75 Å². The number of aromatic hydroxyl groups is 1. The van der Waals surface area contributed by atoms with Crippen LogP contribution in [0.15, 0.2) is 24.3 Å². The molecule has 3 nitrogen and oxygen atoms in total. The molecule has 0 bridgehead atoms. The van der Waals surface area contributed by atoms with Crippen LogP contribution in [0.1, 0.15) is 18.9 Å². The van der Waals surface area contributed by atoms with E-state index in [4.69, 9.17) is 5.11 Å². The molecule has 0 amide bonds. The molecule has 0 aliphatic heterocycles. The largest absolute Gasteiger partial charge is 0.508 e. The monoisotopic (exact) mass is 209 g/mol. The van der Waals surface area contributed by atoms with E-state index in [1.807, 2.05) is 25.2 Å². The van der Waals surface area contributed by atoms with Crippen LogP contribution < -0.4 is 0 Å². The summed E-state index contributed by atoms with van der Waals surface area (Å²) in [5.74, 6) is 0.335. The fraction of sp³-hybridized carbons (Fsp3) is 0.500. The molecule has 15 heavy (non-hydrogen) atoms. The molecule has 0 aliphatic rings. The highest BCUT2D eigenvalue weighted by atomic mass is 16.3. The predicted molar refractivity (Wildman–Crippen MR) is 60.7 cm³/mol. The van der Waals surface area contributed by atoms with E-state index in [9.17, 15) is 5.11 Å². The second-order valence-corrected chi connectivity index (χ2v) is 4.00. The first-order chi connectivity index (χ1) is 7.09. The molecule has 0 aliphatic carbocycles. The van der Waals surface area contributed by atoms with E-state index < -0.39 is 0 Å². The normalized spacial score (nSPS) is 13.1. The van der Waals surface area contributed by atoms with Crippen molar-refractivity contribution in [3.63, 3.8) is 0 Å². The average molecular weight is 209 g/mol. The molecular weight excluding hydrogens is 190 g/mol. The van der Waals surface area contributed by atoms with E-state index in [-0.39, 0.29) is 6.10 Å². The van der Waals surface area contributed by atoms with E-state index in [1.54, 1.807) is 13.0 Å². The van der Waals surface area contributed by atoms with Gasteiger partial charge in [0.1, 0.15) is 5.75 Å².